The average Bonchev–Trinajstić information content (AvgIpc) is 2.75. The van der Waals surface area contributed by atoms with E-state index in [-0.39, 0.29) is 0 Å². The summed E-state index contributed by atoms with van der Waals surface area (Å²) in [6.45, 7) is 5.22. The van der Waals surface area contributed by atoms with Crippen molar-refractivity contribution in [2.45, 2.75) is 37.9 Å². The number of rotatable bonds is 4. The number of hydrogen-bond donors (Lipinski definition) is 0. The average molecular weight is 400 g/mol. The van der Waals surface area contributed by atoms with Gasteiger partial charge in [-0.2, -0.15) is 13.2 Å². The lowest BCUT2D eigenvalue weighted by Crippen LogP contribution is -2.45. The standard InChI is InChI=1S/C24H27F3N2/c25-24(26,27)22-10-6-20(7-11-22)21-8-12-23(13-9-21)29-16-14-28(15-17-29)18-19-4-2-1-3-5-19/h1-7,10-12,21H,8-9,13-18H2. The molecule has 0 aromatic heterocycles. The Morgan fingerprint density at radius 1 is 0.862 bits per heavy atom. The van der Waals surface area contributed by atoms with E-state index >= 15 is 0 Å². The first kappa shape index (κ1) is 20.0. The van der Waals surface area contributed by atoms with Gasteiger partial charge in [-0.05, 0) is 48.4 Å². The Kier molecular flexibility index (Phi) is 5.95. The molecule has 1 heterocycles. The Morgan fingerprint density at radius 2 is 1.55 bits per heavy atom. The largest absolute Gasteiger partial charge is 0.416 e. The highest BCUT2D eigenvalue weighted by Gasteiger charge is 2.30. The molecule has 0 amide bonds. The first-order valence-electron chi connectivity index (χ1n) is 10.4. The molecule has 0 spiro atoms. The molecule has 0 radical (unpaired) electrons. The van der Waals surface area contributed by atoms with Crippen molar-refractivity contribution in [1.82, 2.24) is 9.80 Å². The lowest BCUT2D eigenvalue weighted by atomic mass is 9.85. The van der Waals surface area contributed by atoms with Crippen LogP contribution in [0.4, 0.5) is 13.2 Å². The van der Waals surface area contributed by atoms with Crippen LogP contribution in [0, 0.1) is 0 Å². The van der Waals surface area contributed by atoms with Crippen LogP contribution in [-0.4, -0.2) is 36.0 Å². The number of allylic oxidation sites excluding steroid dienone is 2. The van der Waals surface area contributed by atoms with Crippen molar-refractivity contribution in [1.29, 1.82) is 0 Å². The highest BCUT2D eigenvalue weighted by molar-refractivity contribution is 5.29. The monoisotopic (exact) mass is 400 g/mol. The second-order valence-electron chi connectivity index (χ2n) is 8.04. The summed E-state index contributed by atoms with van der Waals surface area (Å²) in [5.41, 5.74) is 3.22. The highest BCUT2D eigenvalue weighted by Crippen LogP contribution is 2.35. The Bertz CT molecular complexity index is 819. The third kappa shape index (κ3) is 5.02. The third-order valence-electron chi connectivity index (χ3n) is 6.12. The molecule has 0 saturated carbocycles. The second-order valence-corrected chi connectivity index (χ2v) is 8.04. The number of halogens is 3. The van der Waals surface area contributed by atoms with Gasteiger partial charge in [-0.3, -0.25) is 4.90 Å². The molecule has 29 heavy (non-hydrogen) atoms. The van der Waals surface area contributed by atoms with Gasteiger partial charge in [0.25, 0.3) is 0 Å². The van der Waals surface area contributed by atoms with E-state index < -0.39 is 11.7 Å². The van der Waals surface area contributed by atoms with Crippen LogP contribution in [0.2, 0.25) is 0 Å². The summed E-state index contributed by atoms with van der Waals surface area (Å²) in [6.07, 6.45) is 0.955. The molecule has 0 N–H and O–H groups in total. The van der Waals surface area contributed by atoms with Gasteiger partial charge >= 0.3 is 6.18 Å². The minimum Gasteiger partial charge on any atom is -0.373 e. The maximum Gasteiger partial charge on any atom is 0.416 e. The van der Waals surface area contributed by atoms with Gasteiger partial charge in [-0.15, -0.1) is 0 Å². The summed E-state index contributed by atoms with van der Waals surface area (Å²) in [6, 6.07) is 16.3. The van der Waals surface area contributed by atoms with Crippen molar-refractivity contribution in [3.63, 3.8) is 0 Å². The van der Waals surface area contributed by atoms with E-state index in [1.165, 1.54) is 23.4 Å². The van der Waals surface area contributed by atoms with Gasteiger partial charge in [-0.25, -0.2) is 0 Å². The highest BCUT2D eigenvalue weighted by atomic mass is 19.4. The fourth-order valence-corrected chi connectivity index (χ4v) is 4.39. The minimum absolute atomic E-state index is 0.320. The van der Waals surface area contributed by atoms with Crippen molar-refractivity contribution < 1.29 is 13.2 Å². The number of piperazine rings is 1. The van der Waals surface area contributed by atoms with Crippen LogP contribution >= 0.6 is 0 Å². The van der Waals surface area contributed by atoms with E-state index in [2.05, 4.69) is 46.2 Å². The Morgan fingerprint density at radius 3 is 2.14 bits per heavy atom. The van der Waals surface area contributed by atoms with Gasteiger partial charge in [0.15, 0.2) is 0 Å². The number of hydrogen-bond acceptors (Lipinski definition) is 2. The summed E-state index contributed by atoms with van der Waals surface area (Å²) in [5, 5.41) is 0. The van der Waals surface area contributed by atoms with E-state index in [1.807, 2.05) is 0 Å². The topological polar surface area (TPSA) is 6.48 Å². The summed E-state index contributed by atoms with van der Waals surface area (Å²) in [5.74, 6) is 0.320. The number of benzene rings is 2. The van der Waals surface area contributed by atoms with Crippen molar-refractivity contribution in [3.8, 4) is 0 Å². The van der Waals surface area contributed by atoms with Crippen LogP contribution in [0.1, 0.15) is 41.9 Å². The lowest BCUT2D eigenvalue weighted by molar-refractivity contribution is -0.137. The molecule has 1 atom stereocenters. The van der Waals surface area contributed by atoms with Crippen LogP contribution in [0.25, 0.3) is 0 Å². The first-order chi connectivity index (χ1) is 14.0. The molecule has 1 aliphatic carbocycles. The molecule has 1 fully saturated rings. The van der Waals surface area contributed by atoms with Crippen LogP contribution in [0.15, 0.2) is 66.4 Å². The number of nitrogens with zero attached hydrogens (tertiary/aromatic N) is 2. The molecule has 154 valence electrons. The van der Waals surface area contributed by atoms with Gasteiger partial charge in [-0.1, -0.05) is 48.5 Å². The fourth-order valence-electron chi connectivity index (χ4n) is 4.39. The smallest absolute Gasteiger partial charge is 0.373 e. The van der Waals surface area contributed by atoms with Gasteiger partial charge in [0.05, 0.1) is 5.56 Å². The van der Waals surface area contributed by atoms with Crippen molar-refractivity contribution >= 4 is 0 Å². The first-order valence-corrected chi connectivity index (χ1v) is 10.4. The van der Waals surface area contributed by atoms with Crippen molar-refractivity contribution in [2.24, 2.45) is 0 Å². The van der Waals surface area contributed by atoms with Gasteiger partial charge in [0.2, 0.25) is 0 Å². The lowest BCUT2D eigenvalue weighted by Gasteiger charge is -2.39. The third-order valence-corrected chi connectivity index (χ3v) is 6.12. The quantitative estimate of drug-likeness (QED) is 0.652. The molecule has 1 aliphatic heterocycles. The molecule has 4 rings (SSSR count). The zero-order valence-electron chi connectivity index (χ0n) is 16.5. The van der Waals surface area contributed by atoms with Gasteiger partial charge < -0.3 is 4.90 Å². The van der Waals surface area contributed by atoms with Gasteiger partial charge in [0.1, 0.15) is 0 Å². The van der Waals surface area contributed by atoms with Crippen LogP contribution in [0.5, 0.6) is 0 Å². The molecule has 1 saturated heterocycles. The van der Waals surface area contributed by atoms with Crippen LogP contribution < -0.4 is 0 Å². The maximum atomic E-state index is 12.8. The Hall–Kier alpha value is -2.27. The zero-order valence-corrected chi connectivity index (χ0v) is 16.5. The van der Waals surface area contributed by atoms with Gasteiger partial charge in [0, 0.05) is 38.4 Å². The SMILES string of the molecule is FC(F)(F)c1ccc(C2CC=C(N3CCN(Cc4ccccc4)CC3)CC2)cc1. The van der Waals surface area contributed by atoms with E-state index in [0.717, 1.165) is 57.5 Å². The molecule has 1 unspecified atom stereocenters. The van der Waals surface area contributed by atoms with E-state index in [9.17, 15) is 13.2 Å². The van der Waals surface area contributed by atoms with E-state index in [1.54, 1.807) is 12.1 Å². The summed E-state index contributed by atoms with van der Waals surface area (Å²) >= 11 is 0. The normalized spacial score (nSPS) is 21.1. The summed E-state index contributed by atoms with van der Waals surface area (Å²) < 4.78 is 38.3. The summed E-state index contributed by atoms with van der Waals surface area (Å²) in [7, 11) is 0. The molecule has 2 aromatic carbocycles. The molecule has 2 aromatic rings. The minimum atomic E-state index is -4.26. The van der Waals surface area contributed by atoms with E-state index in [0.29, 0.717) is 5.92 Å². The van der Waals surface area contributed by atoms with E-state index in [4.69, 9.17) is 0 Å². The Balaban J connectivity index is 1.29. The summed E-state index contributed by atoms with van der Waals surface area (Å²) in [4.78, 5) is 4.99. The maximum absolute atomic E-state index is 12.8. The van der Waals surface area contributed by atoms with Crippen molar-refractivity contribution in [2.75, 3.05) is 26.2 Å². The van der Waals surface area contributed by atoms with Crippen LogP contribution in [-0.2, 0) is 12.7 Å². The molecule has 2 nitrogen and oxygen atoms in total. The molecular weight excluding hydrogens is 373 g/mol. The molecule has 2 aliphatic rings. The predicted octanol–water partition coefficient (Wildman–Crippen LogP) is 5.67. The second kappa shape index (κ2) is 8.62. The van der Waals surface area contributed by atoms with Crippen molar-refractivity contribution in [3.05, 3.63) is 83.1 Å². The van der Waals surface area contributed by atoms with Crippen LogP contribution in [0.3, 0.4) is 0 Å². The fraction of sp³-hybridized carbons (Fsp3) is 0.417. The molecule has 5 heteroatoms. The zero-order chi connectivity index (χ0) is 20.3. The predicted molar refractivity (Wildman–Crippen MR) is 109 cm³/mol. The Labute approximate surface area is 170 Å². The molecular formula is C24H27F3N2. The molecule has 0 bridgehead atoms. The number of alkyl halides is 3.